The number of rotatable bonds is 4. The quantitative estimate of drug-likeness (QED) is 0.633. The Morgan fingerprint density at radius 3 is 2.61 bits per heavy atom. The molecular weight excluding hydrogens is 312 g/mol. The summed E-state index contributed by atoms with van der Waals surface area (Å²) in [5.41, 5.74) is 0.833. The molecule has 2 heterocycles. The van der Waals surface area contributed by atoms with Crippen molar-refractivity contribution in [3.63, 3.8) is 0 Å². The van der Waals surface area contributed by atoms with Gasteiger partial charge in [0, 0.05) is 12.4 Å². The Bertz CT molecular complexity index is 696. The third-order valence-electron chi connectivity index (χ3n) is 3.46. The lowest BCUT2D eigenvalue weighted by Gasteiger charge is -2.31. The number of para-hydroxylation sites is 1. The molecule has 7 heteroatoms. The fraction of sp³-hybridized carbons (Fsp3) is 0.250. The Balaban J connectivity index is 1.76. The van der Waals surface area contributed by atoms with Gasteiger partial charge in [-0.1, -0.05) is 30.0 Å². The molecule has 0 radical (unpaired) electrons. The lowest BCUT2D eigenvalue weighted by atomic mass is 10.2. The van der Waals surface area contributed by atoms with E-state index < -0.39 is 0 Å². The summed E-state index contributed by atoms with van der Waals surface area (Å²) in [6.45, 7) is 1.94. The van der Waals surface area contributed by atoms with Gasteiger partial charge in [-0.3, -0.25) is 14.6 Å². The van der Waals surface area contributed by atoms with E-state index in [-0.39, 0.29) is 23.6 Å². The number of aromatic nitrogens is 2. The highest BCUT2D eigenvalue weighted by molar-refractivity contribution is 7.99. The zero-order chi connectivity index (χ0) is 16.2. The molecule has 0 aliphatic carbocycles. The first-order valence-electron chi connectivity index (χ1n) is 7.26. The van der Waals surface area contributed by atoms with Crippen molar-refractivity contribution in [2.75, 3.05) is 10.8 Å². The minimum absolute atomic E-state index is 0.0492. The summed E-state index contributed by atoms with van der Waals surface area (Å²) in [5.74, 6) is -0.326. The number of imide groups is 1. The average molecular weight is 328 g/mol. The van der Waals surface area contributed by atoms with Crippen molar-refractivity contribution in [3.8, 4) is 0 Å². The first kappa shape index (κ1) is 15.5. The topological polar surface area (TPSA) is 66.4 Å². The number of hydrogen-bond acceptors (Lipinski definition) is 6. The van der Waals surface area contributed by atoms with E-state index in [2.05, 4.69) is 9.97 Å². The van der Waals surface area contributed by atoms with Crippen LogP contribution in [0, 0.1) is 0 Å². The minimum Gasteiger partial charge on any atom is -0.273 e. The second-order valence-corrected chi connectivity index (χ2v) is 6.10. The van der Waals surface area contributed by atoms with Crippen molar-refractivity contribution >= 4 is 29.3 Å². The highest BCUT2D eigenvalue weighted by atomic mass is 32.2. The van der Waals surface area contributed by atoms with Crippen LogP contribution >= 0.6 is 11.8 Å². The second-order valence-electron chi connectivity index (χ2n) is 5.15. The lowest BCUT2D eigenvalue weighted by Crippen LogP contribution is -2.46. The monoisotopic (exact) mass is 328 g/mol. The maximum Gasteiger partial charge on any atom is 0.258 e. The molecule has 0 saturated carbocycles. The fourth-order valence-corrected chi connectivity index (χ4v) is 3.15. The first-order valence-corrected chi connectivity index (χ1v) is 8.25. The molecule has 1 unspecified atom stereocenters. The highest BCUT2D eigenvalue weighted by Crippen LogP contribution is 2.28. The molecule has 23 heavy (non-hydrogen) atoms. The lowest BCUT2D eigenvalue weighted by molar-refractivity contribution is -0.140. The molecule has 1 aliphatic heterocycles. The van der Waals surface area contributed by atoms with Crippen LogP contribution in [0.15, 0.2) is 53.9 Å². The normalized spacial score (nSPS) is 17.6. The summed E-state index contributed by atoms with van der Waals surface area (Å²) in [5, 5.41) is 3.53. The van der Waals surface area contributed by atoms with Crippen LogP contribution in [-0.4, -0.2) is 38.6 Å². The molecule has 1 aliphatic rings. The van der Waals surface area contributed by atoms with Gasteiger partial charge in [-0.05, 0) is 25.1 Å². The third kappa shape index (κ3) is 3.34. The predicted octanol–water partition coefficient (Wildman–Crippen LogP) is 2.14. The summed E-state index contributed by atoms with van der Waals surface area (Å²) in [4.78, 5) is 32.9. The molecule has 0 N–H and O–H groups in total. The Labute approximate surface area is 138 Å². The number of benzene rings is 1. The number of hydrazine groups is 1. The number of hydrogen-bond donors (Lipinski definition) is 0. The van der Waals surface area contributed by atoms with Gasteiger partial charge in [-0.25, -0.2) is 9.97 Å². The Hall–Kier alpha value is -2.41. The Kier molecular flexibility index (Phi) is 4.57. The number of nitrogens with zero attached hydrogens (tertiary/aromatic N) is 4. The van der Waals surface area contributed by atoms with Crippen molar-refractivity contribution in [3.05, 3.63) is 48.8 Å². The number of carbonyl (C=O) groups is 2. The Morgan fingerprint density at radius 2 is 1.91 bits per heavy atom. The number of carbonyl (C=O) groups excluding carboxylic acids is 2. The van der Waals surface area contributed by atoms with Crippen LogP contribution in [0.25, 0.3) is 0 Å². The summed E-state index contributed by atoms with van der Waals surface area (Å²) < 4.78 is 0. The minimum atomic E-state index is -0.263. The van der Waals surface area contributed by atoms with E-state index in [4.69, 9.17) is 0 Å². The van der Waals surface area contributed by atoms with Gasteiger partial charge in [-0.15, -0.1) is 0 Å². The molecule has 3 rings (SSSR count). The molecule has 1 aromatic carbocycles. The zero-order valence-electron chi connectivity index (χ0n) is 12.6. The van der Waals surface area contributed by atoms with Gasteiger partial charge in [0.1, 0.15) is 0 Å². The Morgan fingerprint density at radius 1 is 1.22 bits per heavy atom. The molecule has 0 spiro atoms. The third-order valence-corrected chi connectivity index (χ3v) is 4.32. The van der Waals surface area contributed by atoms with E-state index >= 15 is 0 Å². The van der Waals surface area contributed by atoms with Gasteiger partial charge >= 0.3 is 0 Å². The van der Waals surface area contributed by atoms with Crippen molar-refractivity contribution < 1.29 is 9.59 Å². The molecular formula is C16H16N4O2S. The molecule has 2 aromatic rings. The first-order chi connectivity index (χ1) is 11.2. The maximum absolute atomic E-state index is 12.5. The SMILES string of the molecule is CC1CC(=O)N(C(=O)CSc2ncccn2)N1c1ccccc1. The zero-order valence-corrected chi connectivity index (χ0v) is 13.4. The van der Waals surface area contributed by atoms with Gasteiger partial charge in [0.25, 0.3) is 5.91 Å². The maximum atomic E-state index is 12.5. The van der Waals surface area contributed by atoms with E-state index in [1.165, 1.54) is 16.8 Å². The van der Waals surface area contributed by atoms with E-state index in [1.807, 2.05) is 37.3 Å². The molecule has 0 bridgehead atoms. The molecule has 1 aromatic heterocycles. The molecule has 118 valence electrons. The second kappa shape index (κ2) is 6.78. The fourth-order valence-electron chi connectivity index (χ4n) is 2.50. The van der Waals surface area contributed by atoms with Gasteiger partial charge in [0.15, 0.2) is 5.16 Å². The van der Waals surface area contributed by atoms with Crippen molar-refractivity contribution in [2.45, 2.75) is 24.5 Å². The molecule has 1 atom stereocenters. The van der Waals surface area contributed by atoms with Gasteiger partial charge in [-0.2, -0.15) is 5.01 Å². The smallest absolute Gasteiger partial charge is 0.258 e. The summed E-state index contributed by atoms with van der Waals surface area (Å²) in [6, 6.07) is 11.1. The van der Waals surface area contributed by atoms with Crippen LogP contribution in [0.4, 0.5) is 5.69 Å². The van der Waals surface area contributed by atoms with Crippen molar-refractivity contribution in [1.29, 1.82) is 0 Å². The van der Waals surface area contributed by atoms with Crippen LogP contribution in [0.2, 0.25) is 0 Å². The number of anilines is 1. The van der Waals surface area contributed by atoms with Gasteiger partial charge in [0.05, 0.1) is 23.9 Å². The average Bonchev–Trinajstić information content (AvgIpc) is 2.88. The van der Waals surface area contributed by atoms with E-state index in [9.17, 15) is 9.59 Å². The van der Waals surface area contributed by atoms with E-state index in [0.29, 0.717) is 11.6 Å². The van der Waals surface area contributed by atoms with Gasteiger partial charge in [0.2, 0.25) is 5.91 Å². The van der Waals surface area contributed by atoms with Crippen LogP contribution in [-0.2, 0) is 9.59 Å². The molecule has 1 saturated heterocycles. The van der Waals surface area contributed by atoms with E-state index in [0.717, 1.165) is 5.69 Å². The van der Waals surface area contributed by atoms with E-state index in [1.54, 1.807) is 23.5 Å². The molecule has 1 fully saturated rings. The summed E-state index contributed by atoms with van der Waals surface area (Å²) in [6.07, 6.45) is 3.57. The van der Waals surface area contributed by atoms with Crippen LogP contribution in [0.1, 0.15) is 13.3 Å². The summed E-state index contributed by atoms with van der Waals surface area (Å²) >= 11 is 1.22. The van der Waals surface area contributed by atoms with Crippen LogP contribution in [0.5, 0.6) is 0 Å². The van der Waals surface area contributed by atoms with Gasteiger partial charge < -0.3 is 0 Å². The van der Waals surface area contributed by atoms with Crippen LogP contribution in [0.3, 0.4) is 0 Å². The molecule has 2 amide bonds. The van der Waals surface area contributed by atoms with Crippen LogP contribution < -0.4 is 5.01 Å². The predicted molar refractivity (Wildman–Crippen MR) is 87.6 cm³/mol. The highest BCUT2D eigenvalue weighted by Gasteiger charge is 2.39. The summed E-state index contributed by atoms with van der Waals surface area (Å²) in [7, 11) is 0. The number of amides is 2. The largest absolute Gasteiger partial charge is 0.273 e. The van der Waals surface area contributed by atoms with Crippen molar-refractivity contribution in [2.24, 2.45) is 0 Å². The molecule has 6 nitrogen and oxygen atoms in total. The standard InChI is InChI=1S/C16H16N4O2S/c1-12-10-14(21)20(19(12)13-6-3-2-4-7-13)15(22)11-23-16-17-8-5-9-18-16/h2-9,12H,10-11H2,1H3. The van der Waals surface area contributed by atoms with Crippen molar-refractivity contribution in [1.82, 2.24) is 15.0 Å². The number of thioether (sulfide) groups is 1.